The Morgan fingerprint density at radius 3 is 2.58 bits per heavy atom. The first-order valence-corrected chi connectivity index (χ1v) is 9.06. The molecule has 0 bridgehead atoms. The van der Waals surface area contributed by atoms with Gasteiger partial charge in [0.1, 0.15) is 0 Å². The van der Waals surface area contributed by atoms with Crippen LogP contribution in [0.15, 0.2) is 4.99 Å². The van der Waals surface area contributed by atoms with Crippen molar-refractivity contribution in [2.45, 2.75) is 38.6 Å². The molecule has 0 aliphatic carbocycles. The van der Waals surface area contributed by atoms with Crippen molar-refractivity contribution in [3.63, 3.8) is 0 Å². The summed E-state index contributed by atoms with van der Waals surface area (Å²) in [6.07, 6.45) is 4.77. The highest BCUT2D eigenvalue weighted by Gasteiger charge is 2.19. The maximum absolute atomic E-state index is 5.09. The van der Waals surface area contributed by atoms with Crippen LogP contribution in [0.2, 0.25) is 0 Å². The van der Waals surface area contributed by atoms with E-state index in [4.69, 9.17) is 4.74 Å². The monoisotopic (exact) mass is 455 g/mol. The van der Waals surface area contributed by atoms with Crippen LogP contribution in [0.5, 0.6) is 0 Å². The maximum atomic E-state index is 5.09. The van der Waals surface area contributed by atoms with Crippen molar-refractivity contribution >= 4 is 29.9 Å². The van der Waals surface area contributed by atoms with Gasteiger partial charge in [-0.3, -0.25) is 4.99 Å². The van der Waals surface area contributed by atoms with Crippen LogP contribution in [0.4, 0.5) is 0 Å². The van der Waals surface area contributed by atoms with Crippen LogP contribution in [-0.2, 0) is 4.74 Å². The first kappa shape index (κ1) is 23.9. The average molecular weight is 455 g/mol. The van der Waals surface area contributed by atoms with E-state index in [9.17, 15) is 0 Å². The van der Waals surface area contributed by atoms with Gasteiger partial charge in [0, 0.05) is 46.4 Å². The highest BCUT2D eigenvalue weighted by atomic mass is 127. The first-order valence-electron chi connectivity index (χ1n) is 9.06. The van der Waals surface area contributed by atoms with Crippen molar-refractivity contribution in [3.8, 4) is 0 Å². The van der Waals surface area contributed by atoms with Crippen molar-refractivity contribution in [1.29, 1.82) is 0 Å². The molecule has 24 heavy (non-hydrogen) atoms. The molecule has 1 fully saturated rings. The number of piperidine rings is 1. The van der Waals surface area contributed by atoms with Crippen LogP contribution in [0, 0.1) is 0 Å². The molecule has 0 saturated carbocycles. The molecule has 7 heteroatoms. The zero-order chi connectivity index (χ0) is 16.9. The van der Waals surface area contributed by atoms with E-state index in [1.54, 1.807) is 7.11 Å². The average Bonchev–Trinajstić information content (AvgIpc) is 2.57. The van der Waals surface area contributed by atoms with Crippen molar-refractivity contribution in [2.24, 2.45) is 4.99 Å². The molecule has 6 nitrogen and oxygen atoms in total. The van der Waals surface area contributed by atoms with Crippen LogP contribution in [0.3, 0.4) is 0 Å². The third kappa shape index (κ3) is 10.7. The molecule has 0 aromatic heterocycles. The predicted molar refractivity (Wildman–Crippen MR) is 114 cm³/mol. The highest BCUT2D eigenvalue weighted by Crippen LogP contribution is 2.10. The third-order valence-corrected chi connectivity index (χ3v) is 4.38. The predicted octanol–water partition coefficient (Wildman–Crippen LogP) is 1.61. The summed E-state index contributed by atoms with van der Waals surface area (Å²) in [7, 11) is 5.74. The lowest BCUT2D eigenvalue weighted by Crippen LogP contribution is -2.49. The van der Waals surface area contributed by atoms with Gasteiger partial charge in [0.25, 0.3) is 0 Å². The summed E-state index contributed by atoms with van der Waals surface area (Å²) < 4.78 is 5.09. The van der Waals surface area contributed by atoms with Gasteiger partial charge in [-0.05, 0) is 45.8 Å². The summed E-state index contributed by atoms with van der Waals surface area (Å²) in [5.74, 6) is 0.943. The van der Waals surface area contributed by atoms with Crippen LogP contribution < -0.4 is 10.6 Å². The van der Waals surface area contributed by atoms with E-state index in [2.05, 4.69) is 39.4 Å². The van der Waals surface area contributed by atoms with Gasteiger partial charge in [0.2, 0.25) is 0 Å². The second kappa shape index (κ2) is 15.2. The highest BCUT2D eigenvalue weighted by molar-refractivity contribution is 14.0. The van der Waals surface area contributed by atoms with Crippen LogP contribution in [0.25, 0.3) is 0 Å². The van der Waals surface area contributed by atoms with Crippen molar-refractivity contribution in [3.05, 3.63) is 0 Å². The molecular weight excluding hydrogens is 417 g/mol. The lowest BCUT2D eigenvalue weighted by molar-refractivity contribution is 0.161. The fraction of sp³-hybridized carbons (Fsp3) is 0.941. The van der Waals surface area contributed by atoms with E-state index in [0.717, 1.165) is 38.6 Å². The molecule has 1 aliphatic heterocycles. The Kier molecular flexibility index (Phi) is 15.1. The minimum absolute atomic E-state index is 0. The Morgan fingerprint density at radius 1 is 1.29 bits per heavy atom. The molecule has 2 N–H and O–H groups in total. The summed E-state index contributed by atoms with van der Waals surface area (Å²) in [5, 5.41) is 7.00. The summed E-state index contributed by atoms with van der Waals surface area (Å²) in [6, 6.07) is 0.554. The zero-order valence-corrected chi connectivity index (χ0v) is 18.3. The molecule has 0 aromatic carbocycles. The number of likely N-dealkylation sites (N-methyl/N-ethyl adjacent to an activating group) is 1. The number of nitrogens with zero attached hydrogens (tertiary/aromatic N) is 3. The number of aliphatic imine (C=N–C) groups is 1. The number of ether oxygens (including phenoxy) is 1. The largest absolute Gasteiger partial charge is 0.383 e. The van der Waals surface area contributed by atoms with Crippen molar-refractivity contribution < 1.29 is 4.74 Å². The Morgan fingerprint density at radius 2 is 2.00 bits per heavy atom. The number of guanidine groups is 1. The van der Waals surface area contributed by atoms with Gasteiger partial charge in [-0.1, -0.05) is 6.92 Å². The quantitative estimate of drug-likeness (QED) is 0.227. The number of hydrogen-bond acceptors (Lipinski definition) is 4. The topological polar surface area (TPSA) is 52.1 Å². The molecule has 0 radical (unpaired) electrons. The fourth-order valence-electron chi connectivity index (χ4n) is 2.92. The molecule has 0 unspecified atom stereocenters. The van der Waals surface area contributed by atoms with Gasteiger partial charge in [0.05, 0.1) is 6.61 Å². The molecule has 0 spiro atoms. The van der Waals surface area contributed by atoms with Crippen molar-refractivity contribution in [1.82, 2.24) is 20.4 Å². The lowest BCUT2D eigenvalue weighted by Gasteiger charge is -2.32. The SMILES string of the molecule is CCCN1CCC(NC(=NC)NCCCN(C)CCOC)CC1.I. The van der Waals surface area contributed by atoms with Gasteiger partial charge in [-0.15, -0.1) is 24.0 Å². The number of likely N-dealkylation sites (tertiary alicyclic amines) is 1. The molecule has 1 heterocycles. The number of nitrogens with one attached hydrogen (secondary N) is 2. The van der Waals surface area contributed by atoms with E-state index in [-0.39, 0.29) is 24.0 Å². The molecular formula is C17H38IN5O. The zero-order valence-electron chi connectivity index (χ0n) is 16.0. The molecule has 1 aliphatic rings. The minimum atomic E-state index is 0. The van der Waals surface area contributed by atoms with Crippen LogP contribution in [0.1, 0.15) is 32.6 Å². The smallest absolute Gasteiger partial charge is 0.191 e. The molecule has 0 amide bonds. The fourth-order valence-corrected chi connectivity index (χ4v) is 2.92. The minimum Gasteiger partial charge on any atom is -0.383 e. The summed E-state index contributed by atoms with van der Waals surface area (Å²) in [4.78, 5) is 9.21. The van der Waals surface area contributed by atoms with Gasteiger partial charge in [-0.2, -0.15) is 0 Å². The third-order valence-electron chi connectivity index (χ3n) is 4.38. The second-order valence-corrected chi connectivity index (χ2v) is 6.41. The van der Waals surface area contributed by atoms with Crippen molar-refractivity contribution in [2.75, 3.05) is 67.1 Å². The second-order valence-electron chi connectivity index (χ2n) is 6.41. The molecule has 1 saturated heterocycles. The molecule has 0 aromatic rings. The number of rotatable bonds is 10. The standard InChI is InChI=1S/C17H37N5O.HI/c1-5-10-22-12-7-16(8-13-22)20-17(18-2)19-9-6-11-21(3)14-15-23-4;/h16H,5-15H2,1-4H3,(H2,18,19,20);1H. The number of methoxy groups -OCH3 is 1. The summed E-state index contributed by atoms with van der Waals surface area (Å²) in [6.45, 7) is 9.69. The van der Waals surface area contributed by atoms with E-state index < -0.39 is 0 Å². The Labute approximate surface area is 165 Å². The normalized spacial score (nSPS) is 17.0. The lowest BCUT2D eigenvalue weighted by atomic mass is 10.1. The van der Waals surface area contributed by atoms with E-state index in [0.29, 0.717) is 6.04 Å². The number of halogens is 1. The molecule has 144 valence electrons. The summed E-state index contributed by atoms with van der Waals surface area (Å²) in [5.41, 5.74) is 0. The Bertz CT molecular complexity index is 322. The number of hydrogen-bond donors (Lipinski definition) is 2. The van der Waals surface area contributed by atoms with E-state index in [1.807, 2.05) is 7.05 Å². The molecule has 0 atom stereocenters. The van der Waals surface area contributed by atoms with Gasteiger partial charge in [0.15, 0.2) is 5.96 Å². The Balaban J connectivity index is 0.00000529. The summed E-state index contributed by atoms with van der Waals surface area (Å²) >= 11 is 0. The van der Waals surface area contributed by atoms with Gasteiger partial charge in [-0.25, -0.2) is 0 Å². The van der Waals surface area contributed by atoms with E-state index in [1.165, 1.54) is 38.9 Å². The van der Waals surface area contributed by atoms with Gasteiger partial charge >= 0.3 is 0 Å². The van der Waals surface area contributed by atoms with Crippen LogP contribution in [-0.4, -0.2) is 88.9 Å². The molecule has 1 rings (SSSR count). The Hall–Kier alpha value is -0.120. The van der Waals surface area contributed by atoms with E-state index >= 15 is 0 Å². The first-order chi connectivity index (χ1) is 11.2. The van der Waals surface area contributed by atoms with Crippen LogP contribution >= 0.6 is 24.0 Å². The van der Waals surface area contributed by atoms with Gasteiger partial charge < -0.3 is 25.2 Å². The maximum Gasteiger partial charge on any atom is 0.191 e.